The lowest BCUT2D eigenvalue weighted by molar-refractivity contribution is -0.120. The number of anilines is 4. The van der Waals surface area contributed by atoms with E-state index in [0.29, 0.717) is 11.9 Å². The van der Waals surface area contributed by atoms with Crippen LogP contribution < -0.4 is 15.1 Å². The Kier molecular flexibility index (Phi) is 5.73. The monoisotopic (exact) mass is 477 g/mol. The van der Waals surface area contributed by atoms with Crippen molar-refractivity contribution in [1.29, 1.82) is 0 Å². The second-order valence-electron chi connectivity index (χ2n) is 9.78. The van der Waals surface area contributed by atoms with Crippen molar-refractivity contribution in [3.8, 4) is 11.3 Å². The first kappa shape index (κ1) is 23.3. The number of carbonyl (C=O) groups excluding carboxylic acids is 1. The Balaban J connectivity index is 1.52. The number of aromatic nitrogens is 4. The molecule has 1 N–H and O–H groups in total. The average Bonchev–Trinajstić information content (AvgIpc) is 3.63. The van der Waals surface area contributed by atoms with Crippen LogP contribution in [-0.2, 0) is 11.8 Å². The highest BCUT2D eigenvalue weighted by atomic mass is 19.1. The first-order chi connectivity index (χ1) is 16.7. The number of hydrogen-bond donors (Lipinski definition) is 1. The second-order valence-corrected chi connectivity index (χ2v) is 9.78. The highest BCUT2D eigenvalue weighted by Gasteiger charge is 2.37. The molecule has 3 heterocycles. The molecule has 2 aromatic heterocycles. The highest BCUT2D eigenvalue weighted by Crippen LogP contribution is 2.45. The van der Waals surface area contributed by atoms with Crippen molar-refractivity contribution in [3.05, 3.63) is 41.6 Å². The molecule has 0 saturated heterocycles. The minimum Gasteiger partial charge on any atom is -0.355 e. The summed E-state index contributed by atoms with van der Waals surface area (Å²) in [7, 11) is 3.69. The molecule has 0 spiro atoms. The van der Waals surface area contributed by atoms with Crippen molar-refractivity contribution < 1.29 is 9.18 Å². The van der Waals surface area contributed by atoms with Gasteiger partial charge < -0.3 is 15.1 Å². The summed E-state index contributed by atoms with van der Waals surface area (Å²) in [4.78, 5) is 25.6. The van der Waals surface area contributed by atoms with Gasteiger partial charge in [-0.05, 0) is 58.2 Å². The summed E-state index contributed by atoms with van der Waals surface area (Å²) in [6.07, 6.45) is 4.07. The number of aryl methyl sites for hydroxylation is 1. The molecule has 1 amide bonds. The molecule has 1 aromatic carbocycles. The van der Waals surface area contributed by atoms with Gasteiger partial charge in [0.05, 0.1) is 23.3 Å². The number of rotatable bonds is 6. The molecule has 3 aromatic rings. The van der Waals surface area contributed by atoms with Crippen LogP contribution in [0.3, 0.4) is 0 Å². The van der Waals surface area contributed by atoms with Crippen molar-refractivity contribution in [1.82, 2.24) is 19.7 Å². The Morgan fingerprint density at radius 1 is 1.20 bits per heavy atom. The van der Waals surface area contributed by atoms with Gasteiger partial charge in [-0.1, -0.05) is 6.92 Å². The number of halogens is 1. The number of nitrogens with one attached hydrogen (secondary N) is 1. The Hall–Kier alpha value is -3.49. The van der Waals surface area contributed by atoms with Crippen molar-refractivity contribution in [2.45, 2.75) is 65.0 Å². The van der Waals surface area contributed by atoms with Crippen LogP contribution in [0.4, 0.5) is 27.4 Å². The molecule has 0 unspecified atom stereocenters. The molecule has 1 atom stereocenters. The molecule has 9 heteroatoms. The normalized spacial score (nSPS) is 17.8. The predicted octanol–water partition coefficient (Wildman–Crippen LogP) is 4.92. The van der Waals surface area contributed by atoms with Crippen LogP contribution >= 0.6 is 0 Å². The van der Waals surface area contributed by atoms with Crippen molar-refractivity contribution in [2.24, 2.45) is 7.05 Å². The maximum Gasteiger partial charge on any atom is 0.249 e. The van der Waals surface area contributed by atoms with Gasteiger partial charge >= 0.3 is 0 Å². The minimum absolute atomic E-state index is 0.0965. The molecule has 0 radical (unpaired) electrons. The van der Waals surface area contributed by atoms with Gasteiger partial charge in [-0.2, -0.15) is 5.10 Å². The van der Waals surface area contributed by atoms with Crippen LogP contribution in [0.15, 0.2) is 24.4 Å². The van der Waals surface area contributed by atoms with Crippen LogP contribution in [0.1, 0.15) is 57.3 Å². The van der Waals surface area contributed by atoms with E-state index in [-0.39, 0.29) is 23.7 Å². The van der Waals surface area contributed by atoms with Crippen LogP contribution in [0, 0.1) is 12.7 Å². The van der Waals surface area contributed by atoms with Gasteiger partial charge in [0.2, 0.25) is 11.9 Å². The van der Waals surface area contributed by atoms with E-state index in [9.17, 15) is 9.18 Å². The number of amides is 1. The van der Waals surface area contributed by atoms with E-state index in [2.05, 4.69) is 39.1 Å². The fraction of sp³-hybridized carbons (Fsp3) is 0.462. The maximum absolute atomic E-state index is 14.9. The molecule has 35 heavy (non-hydrogen) atoms. The minimum atomic E-state index is -0.462. The van der Waals surface area contributed by atoms with E-state index in [1.807, 2.05) is 46.1 Å². The fourth-order valence-electron chi connectivity index (χ4n) is 5.03. The number of likely N-dealkylation sites (N-methyl/N-ethyl adjacent to an activating group) is 1. The lowest BCUT2D eigenvalue weighted by Crippen LogP contribution is -2.54. The highest BCUT2D eigenvalue weighted by molar-refractivity contribution is 6.05. The SMILES string of the molecule is CC[C@@H]1C(=O)N(C)c2ccc(Nc3ncc(F)c(-c4c(C5CC5)nn(C)c4C)n3)cc2N1C(C)C. The predicted molar refractivity (Wildman–Crippen MR) is 136 cm³/mol. The maximum atomic E-state index is 14.9. The standard InChI is InChI=1S/C26H32FN7O/c1-7-19-25(35)32(5)20-11-10-17(12-21(20)34(19)14(2)3)29-26-28-13-18(27)24(30-26)22-15(4)33(6)31-23(22)16-8-9-16/h10-14,16,19H,7-9H2,1-6H3,(H,28,29,30)/t19-/m1/s1. The van der Waals surface area contributed by atoms with Crippen LogP contribution in [0.2, 0.25) is 0 Å². The molecular formula is C26H32FN7O. The van der Waals surface area contributed by atoms with E-state index in [0.717, 1.165) is 53.3 Å². The molecule has 8 nitrogen and oxygen atoms in total. The number of hydrogen-bond acceptors (Lipinski definition) is 6. The summed E-state index contributed by atoms with van der Waals surface area (Å²) in [5.74, 6) is 0.314. The summed E-state index contributed by atoms with van der Waals surface area (Å²) in [6, 6.07) is 5.77. The zero-order valence-corrected chi connectivity index (χ0v) is 21.1. The average molecular weight is 478 g/mol. The number of fused-ring (bicyclic) bond motifs is 1. The molecule has 184 valence electrons. The molecule has 1 aliphatic carbocycles. The molecule has 1 aliphatic heterocycles. The van der Waals surface area contributed by atoms with Gasteiger partial charge in [-0.15, -0.1) is 0 Å². The number of carbonyl (C=O) groups is 1. The topological polar surface area (TPSA) is 79.2 Å². The molecule has 1 fully saturated rings. The summed E-state index contributed by atoms with van der Waals surface area (Å²) in [6.45, 7) is 8.15. The number of nitrogens with zero attached hydrogens (tertiary/aromatic N) is 6. The first-order valence-corrected chi connectivity index (χ1v) is 12.2. The van der Waals surface area contributed by atoms with E-state index >= 15 is 0 Å². The molecule has 0 bridgehead atoms. The summed E-state index contributed by atoms with van der Waals surface area (Å²) in [5, 5.41) is 7.89. The van der Waals surface area contributed by atoms with Gasteiger partial charge in [0.15, 0.2) is 5.82 Å². The quantitative estimate of drug-likeness (QED) is 0.543. The van der Waals surface area contributed by atoms with E-state index in [4.69, 9.17) is 0 Å². The van der Waals surface area contributed by atoms with Crippen LogP contribution in [0.25, 0.3) is 11.3 Å². The fourth-order valence-corrected chi connectivity index (χ4v) is 5.03. The summed E-state index contributed by atoms with van der Waals surface area (Å²) < 4.78 is 16.7. The van der Waals surface area contributed by atoms with Gasteiger partial charge in [0.25, 0.3) is 0 Å². The molecular weight excluding hydrogens is 445 g/mol. The first-order valence-electron chi connectivity index (χ1n) is 12.2. The molecule has 1 saturated carbocycles. The smallest absolute Gasteiger partial charge is 0.249 e. The largest absolute Gasteiger partial charge is 0.355 e. The Bertz CT molecular complexity index is 1300. The Labute approximate surface area is 205 Å². The summed E-state index contributed by atoms with van der Waals surface area (Å²) in [5.41, 5.74) is 5.44. The second kappa shape index (κ2) is 8.62. The lowest BCUT2D eigenvalue weighted by atomic mass is 10.0. The van der Waals surface area contributed by atoms with Gasteiger partial charge in [-0.25, -0.2) is 14.4 Å². The van der Waals surface area contributed by atoms with Gasteiger partial charge in [0, 0.05) is 43.0 Å². The summed E-state index contributed by atoms with van der Waals surface area (Å²) >= 11 is 0. The number of benzene rings is 1. The third kappa shape index (κ3) is 3.92. The zero-order chi connectivity index (χ0) is 25.0. The van der Waals surface area contributed by atoms with Gasteiger partial charge in [0.1, 0.15) is 11.7 Å². The van der Waals surface area contributed by atoms with Crippen molar-refractivity contribution >= 4 is 28.9 Å². The van der Waals surface area contributed by atoms with Crippen LogP contribution in [-0.4, -0.2) is 44.8 Å². The van der Waals surface area contributed by atoms with Crippen molar-refractivity contribution in [2.75, 3.05) is 22.2 Å². The Morgan fingerprint density at radius 2 is 1.94 bits per heavy atom. The van der Waals surface area contributed by atoms with Crippen LogP contribution in [0.5, 0.6) is 0 Å². The molecule has 2 aliphatic rings. The molecule has 5 rings (SSSR count). The van der Waals surface area contributed by atoms with E-state index in [1.165, 1.54) is 6.20 Å². The van der Waals surface area contributed by atoms with E-state index < -0.39 is 5.82 Å². The zero-order valence-electron chi connectivity index (χ0n) is 21.1. The van der Waals surface area contributed by atoms with E-state index in [1.54, 1.807) is 9.58 Å². The third-order valence-corrected chi connectivity index (χ3v) is 7.07. The van der Waals surface area contributed by atoms with Crippen molar-refractivity contribution in [3.63, 3.8) is 0 Å². The Morgan fingerprint density at radius 3 is 2.60 bits per heavy atom. The van der Waals surface area contributed by atoms with Gasteiger partial charge in [-0.3, -0.25) is 9.48 Å². The third-order valence-electron chi connectivity index (χ3n) is 7.07. The lowest BCUT2D eigenvalue weighted by Gasteiger charge is -2.44.